The molecule has 0 saturated carbocycles. The molecule has 2 amide bonds. The molecule has 0 saturated heterocycles. The van der Waals surface area contributed by atoms with E-state index in [9.17, 15) is 9.59 Å². The highest BCUT2D eigenvalue weighted by Crippen LogP contribution is 2.15. The van der Waals surface area contributed by atoms with E-state index in [-0.39, 0.29) is 24.8 Å². The quantitative estimate of drug-likeness (QED) is 0.556. The third-order valence-electron chi connectivity index (χ3n) is 2.33. The van der Waals surface area contributed by atoms with Crippen molar-refractivity contribution < 1.29 is 9.59 Å². The van der Waals surface area contributed by atoms with Crippen molar-refractivity contribution in [1.29, 1.82) is 0 Å². The van der Waals surface area contributed by atoms with E-state index in [1.165, 1.54) is 6.07 Å². The fourth-order valence-electron chi connectivity index (χ4n) is 1.46. The molecule has 0 spiro atoms. The molecule has 0 bridgehead atoms. The van der Waals surface area contributed by atoms with E-state index in [4.69, 9.17) is 11.5 Å². The van der Waals surface area contributed by atoms with E-state index in [1.807, 2.05) is 6.92 Å². The zero-order chi connectivity index (χ0) is 13.5. The molecular formula is C12H18N4O2. The lowest BCUT2D eigenvalue weighted by Gasteiger charge is -2.08. The molecule has 6 heteroatoms. The summed E-state index contributed by atoms with van der Waals surface area (Å²) in [6, 6.07) is 4.69. The van der Waals surface area contributed by atoms with Crippen LogP contribution in [0.5, 0.6) is 0 Å². The van der Waals surface area contributed by atoms with E-state index in [0.717, 1.165) is 0 Å². The molecule has 1 aromatic carbocycles. The lowest BCUT2D eigenvalue weighted by molar-refractivity contribution is -0.120. The predicted octanol–water partition coefficient (Wildman–Crippen LogP) is 0.107. The molecule has 0 aliphatic heterocycles. The number of nitrogens with two attached hydrogens (primary N) is 2. The molecule has 0 aliphatic carbocycles. The van der Waals surface area contributed by atoms with Gasteiger partial charge < -0.3 is 22.1 Å². The van der Waals surface area contributed by atoms with Gasteiger partial charge in [-0.2, -0.15) is 0 Å². The Kier molecular flexibility index (Phi) is 4.98. The lowest BCUT2D eigenvalue weighted by Crippen LogP contribution is -2.30. The van der Waals surface area contributed by atoms with E-state index in [2.05, 4.69) is 10.6 Å². The summed E-state index contributed by atoms with van der Waals surface area (Å²) in [5.41, 5.74) is 12.4. The van der Waals surface area contributed by atoms with Gasteiger partial charge in [0.05, 0.1) is 5.56 Å². The first kappa shape index (κ1) is 13.8. The standard InChI is InChI=1S/C12H18N4O2/c1-2-15-11(17)5-6-16-12(18)9-4-3-8(13)7-10(9)14/h3-4,7H,2,5-6,13-14H2,1H3,(H,15,17)(H,16,18). The van der Waals surface area contributed by atoms with Gasteiger partial charge in [-0.1, -0.05) is 0 Å². The average Bonchev–Trinajstić information content (AvgIpc) is 2.29. The summed E-state index contributed by atoms with van der Waals surface area (Å²) in [6.45, 7) is 2.69. The first-order valence-corrected chi connectivity index (χ1v) is 5.74. The molecule has 98 valence electrons. The van der Waals surface area contributed by atoms with Crippen molar-refractivity contribution in [3.63, 3.8) is 0 Å². The van der Waals surface area contributed by atoms with Gasteiger partial charge in [-0.15, -0.1) is 0 Å². The van der Waals surface area contributed by atoms with Crippen LogP contribution in [0.1, 0.15) is 23.7 Å². The number of nitrogen functional groups attached to an aromatic ring is 2. The van der Waals surface area contributed by atoms with Crippen molar-refractivity contribution in [3.05, 3.63) is 23.8 Å². The maximum Gasteiger partial charge on any atom is 0.253 e. The van der Waals surface area contributed by atoms with Gasteiger partial charge in [-0.3, -0.25) is 9.59 Å². The van der Waals surface area contributed by atoms with Gasteiger partial charge in [-0.05, 0) is 25.1 Å². The monoisotopic (exact) mass is 250 g/mol. The Morgan fingerprint density at radius 2 is 1.94 bits per heavy atom. The van der Waals surface area contributed by atoms with Gasteiger partial charge in [0.15, 0.2) is 0 Å². The molecule has 0 fully saturated rings. The van der Waals surface area contributed by atoms with Crippen molar-refractivity contribution in [2.24, 2.45) is 0 Å². The van der Waals surface area contributed by atoms with Crippen LogP contribution >= 0.6 is 0 Å². The molecule has 0 radical (unpaired) electrons. The normalized spacial score (nSPS) is 9.83. The van der Waals surface area contributed by atoms with Crippen LogP contribution in [-0.4, -0.2) is 24.9 Å². The number of nitrogens with one attached hydrogen (secondary N) is 2. The van der Waals surface area contributed by atoms with Crippen molar-refractivity contribution >= 4 is 23.2 Å². The molecule has 0 unspecified atom stereocenters. The van der Waals surface area contributed by atoms with Crippen molar-refractivity contribution in [2.75, 3.05) is 24.6 Å². The highest BCUT2D eigenvalue weighted by Gasteiger charge is 2.09. The van der Waals surface area contributed by atoms with Gasteiger partial charge in [0, 0.05) is 30.9 Å². The summed E-state index contributed by atoms with van der Waals surface area (Å²) in [4.78, 5) is 22.9. The minimum atomic E-state index is -0.309. The second-order valence-corrected chi connectivity index (χ2v) is 3.81. The molecule has 1 rings (SSSR count). The number of hydrogen-bond acceptors (Lipinski definition) is 4. The van der Waals surface area contributed by atoms with Crippen LogP contribution in [0.3, 0.4) is 0 Å². The minimum Gasteiger partial charge on any atom is -0.399 e. The summed E-state index contributed by atoms with van der Waals surface area (Å²) < 4.78 is 0. The van der Waals surface area contributed by atoms with Crippen LogP contribution < -0.4 is 22.1 Å². The zero-order valence-corrected chi connectivity index (χ0v) is 10.3. The van der Waals surface area contributed by atoms with Crippen LogP contribution in [0.15, 0.2) is 18.2 Å². The largest absolute Gasteiger partial charge is 0.399 e. The SMILES string of the molecule is CCNC(=O)CCNC(=O)c1ccc(N)cc1N. The topological polar surface area (TPSA) is 110 Å². The van der Waals surface area contributed by atoms with Crippen molar-refractivity contribution in [2.45, 2.75) is 13.3 Å². The van der Waals surface area contributed by atoms with Crippen molar-refractivity contribution in [1.82, 2.24) is 10.6 Å². The van der Waals surface area contributed by atoms with Crippen LogP contribution in [-0.2, 0) is 4.79 Å². The maximum absolute atomic E-state index is 11.8. The summed E-state index contributed by atoms with van der Waals surface area (Å²) in [5.74, 6) is -0.403. The number of rotatable bonds is 5. The summed E-state index contributed by atoms with van der Waals surface area (Å²) in [6.07, 6.45) is 0.245. The Morgan fingerprint density at radius 1 is 1.22 bits per heavy atom. The van der Waals surface area contributed by atoms with Gasteiger partial charge >= 0.3 is 0 Å². The fourth-order valence-corrected chi connectivity index (χ4v) is 1.46. The lowest BCUT2D eigenvalue weighted by atomic mass is 10.1. The molecule has 6 nitrogen and oxygen atoms in total. The Balaban J connectivity index is 2.48. The summed E-state index contributed by atoms with van der Waals surface area (Å²) in [5, 5.41) is 5.27. The Labute approximate surface area is 106 Å². The average molecular weight is 250 g/mol. The molecule has 0 heterocycles. The molecule has 0 aromatic heterocycles. The van der Waals surface area contributed by atoms with E-state index in [0.29, 0.717) is 23.5 Å². The highest BCUT2D eigenvalue weighted by molar-refractivity contribution is 5.99. The van der Waals surface area contributed by atoms with Crippen LogP contribution in [0.25, 0.3) is 0 Å². The molecule has 18 heavy (non-hydrogen) atoms. The number of carbonyl (C=O) groups is 2. The molecular weight excluding hydrogens is 232 g/mol. The van der Waals surface area contributed by atoms with Crippen LogP contribution in [0.4, 0.5) is 11.4 Å². The smallest absolute Gasteiger partial charge is 0.253 e. The van der Waals surface area contributed by atoms with E-state index in [1.54, 1.807) is 12.1 Å². The van der Waals surface area contributed by atoms with Gasteiger partial charge in [0.2, 0.25) is 5.91 Å². The number of amides is 2. The molecule has 0 aliphatic rings. The van der Waals surface area contributed by atoms with Gasteiger partial charge in [0.25, 0.3) is 5.91 Å². The van der Waals surface area contributed by atoms with E-state index >= 15 is 0 Å². The fraction of sp³-hybridized carbons (Fsp3) is 0.333. The third kappa shape index (κ3) is 3.97. The first-order valence-electron chi connectivity index (χ1n) is 5.74. The highest BCUT2D eigenvalue weighted by atomic mass is 16.2. The maximum atomic E-state index is 11.8. The van der Waals surface area contributed by atoms with Crippen LogP contribution in [0, 0.1) is 0 Å². The summed E-state index contributed by atoms with van der Waals surface area (Å²) >= 11 is 0. The molecule has 1 aromatic rings. The van der Waals surface area contributed by atoms with Gasteiger partial charge in [-0.25, -0.2) is 0 Å². The minimum absolute atomic E-state index is 0.0944. The Bertz CT molecular complexity index is 446. The second kappa shape index (κ2) is 6.48. The molecule has 0 atom stereocenters. The van der Waals surface area contributed by atoms with Crippen LogP contribution in [0.2, 0.25) is 0 Å². The third-order valence-corrected chi connectivity index (χ3v) is 2.33. The summed E-state index contributed by atoms with van der Waals surface area (Å²) in [7, 11) is 0. The number of anilines is 2. The predicted molar refractivity (Wildman–Crippen MR) is 70.9 cm³/mol. The van der Waals surface area contributed by atoms with Gasteiger partial charge in [0.1, 0.15) is 0 Å². The van der Waals surface area contributed by atoms with E-state index < -0.39 is 0 Å². The Hall–Kier alpha value is -2.24. The Morgan fingerprint density at radius 3 is 2.56 bits per heavy atom. The zero-order valence-electron chi connectivity index (χ0n) is 10.3. The first-order chi connectivity index (χ1) is 8.54. The van der Waals surface area contributed by atoms with Crippen molar-refractivity contribution in [3.8, 4) is 0 Å². The second-order valence-electron chi connectivity index (χ2n) is 3.81. The number of benzene rings is 1. The number of carbonyl (C=O) groups excluding carboxylic acids is 2. The number of hydrogen-bond donors (Lipinski definition) is 4. The molecule has 6 N–H and O–H groups in total.